The molecular weight excluding hydrogens is 397 g/mol. The van der Waals surface area contributed by atoms with Crippen LogP contribution >= 0.6 is 23.2 Å². The third-order valence-corrected chi connectivity index (χ3v) is 5.18. The number of nitrogens with one attached hydrogen (secondary N) is 1. The normalized spacial score (nSPS) is 12.4. The number of halogens is 2. The highest BCUT2D eigenvalue weighted by Gasteiger charge is 2.14. The fourth-order valence-electron chi connectivity index (χ4n) is 3.15. The van der Waals surface area contributed by atoms with Crippen LogP contribution in [0.4, 0.5) is 5.82 Å². The number of methoxy groups -OCH3 is 1. The molecule has 0 amide bonds. The average molecular weight is 416 g/mol. The maximum atomic E-state index is 6.24. The first kappa shape index (κ1) is 18.8. The Morgan fingerprint density at radius 2 is 2.00 bits per heavy atom. The topological polar surface area (TPSA) is 56.3 Å². The van der Waals surface area contributed by atoms with E-state index in [1.165, 1.54) is 5.56 Å². The Morgan fingerprint density at radius 1 is 1.11 bits per heavy atom. The predicted molar refractivity (Wildman–Crippen MR) is 112 cm³/mol. The monoisotopic (exact) mass is 415 g/mol. The van der Waals surface area contributed by atoms with Crippen molar-refractivity contribution in [2.75, 3.05) is 25.6 Å². The molecule has 28 heavy (non-hydrogen) atoms. The van der Waals surface area contributed by atoms with Gasteiger partial charge in [0.15, 0.2) is 0 Å². The number of benzene rings is 2. The first-order chi connectivity index (χ1) is 13.6. The number of hydrogen-bond acceptors (Lipinski definition) is 5. The Labute approximate surface area is 173 Å². The Bertz CT molecular complexity index is 1010. The number of nitrogens with zero attached hydrogens (tertiary/aromatic N) is 2. The second-order valence-electron chi connectivity index (χ2n) is 6.46. The van der Waals surface area contributed by atoms with Gasteiger partial charge in [0, 0.05) is 34.6 Å². The number of ether oxygens (including phenoxy) is 2. The van der Waals surface area contributed by atoms with E-state index in [-0.39, 0.29) is 0 Å². The van der Waals surface area contributed by atoms with Crippen molar-refractivity contribution in [2.24, 2.45) is 0 Å². The zero-order chi connectivity index (χ0) is 19.5. The second-order valence-corrected chi connectivity index (χ2v) is 7.30. The van der Waals surface area contributed by atoms with Crippen molar-refractivity contribution in [2.45, 2.75) is 12.8 Å². The largest absolute Gasteiger partial charge is 0.493 e. The summed E-state index contributed by atoms with van der Waals surface area (Å²) in [5, 5.41) is 4.62. The molecule has 0 saturated carbocycles. The molecule has 1 aliphatic rings. The fraction of sp³-hybridized carbons (Fsp3) is 0.238. The molecule has 0 atom stereocenters. The number of hydrogen-bond donors (Lipinski definition) is 1. The molecule has 0 fully saturated rings. The molecule has 5 nitrogen and oxygen atoms in total. The molecule has 0 radical (unpaired) electrons. The van der Waals surface area contributed by atoms with Crippen LogP contribution in [0.25, 0.3) is 11.3 Å². The van der Waals surface area contributed by atoms with Crippen LogP contribution in [0.5, 0.6) is 11.8 Å². The summed E-state index contributed by atoms with van der Waals surface area (Å²) >= 11 is 12.2. The average Bonchev–Trinajstić information content (AvgIpc) is 3.17. The number of aromatic nitrogens is 2. The van der Waals surface area contributed by atoms with E-state index in [2.05, 4.69) is 21.4 Å². The molecule has 0 bridgehead atoms. The van der Waals surface area contributed by atoms with Gasteiger partial charge in [0.1, 0.15) is 11.6 Å². The van der Waals surface area contributed by atoms with Crippen molar-refractivity contribution in [1.29, 1.82) is 0 Å². The quantitative estimate of drug-likeness (QED) is 0.610. The predicted octanol–water partition coefficient (Wildman–Crippen LogP) is 5.05. The molecule has 2 heterocycles. The number of rotatable bonds is 6. The van der Waals surface area contributed by atoms with Gasteiger partial charge in [0.05, 0.1) is 19.4 Å². The lowest BCUT2D eigenvalue weighted by Crippen LogP contribution is -2.08. The lowest BCUT2D eigenvalue weighted by atomic mass is 10.1. The summed E-state index contributed by atoms with van der Waals surface area (Å²) in [6.45, 7) is 1.39. The third-order valence-electron chi connectivity index (χ3n) is 4.59. The van der Waals surface area contributed by atoms with E-state index in [9.17, 15) is 0 Å². The molecular formula is C21H19Cl2N3O2. The molecule has 1 aliphatic heterocycles. The van der Waals surface area contributed by atoms with Crippen molar-refractivity contribution >= 4 is 29.0 Å². The third kappa shape index (κ3) is 4.16. The fourth-order valence-corrected chi connectivity index (χ4v) is 3.65. The van der Waals surface area contributed by atoms with Gasteiger partial charge >= 0.3 is 6.01 Å². The molecule has 0 aliphatic carbocycles. The van der Waals surface area contributed by atoms with Gasteiger partial charge in [-0.15, -0.1) is 0 Å². The minimum atomic E-state index is 0.321. The highest BCUT2D eigenvalue weighted by molar-refractivity contribution is 6.35. The van der Waals surface area contributed by atoms with Crippen molar-refractivity contribution in [3.05, 3.63) is 63.6 Å². The Balaban J connectivity index is 1.52. The Hall–Kier alpha value is -2.50. The second kappa shape index (κ2) is 8.25. The van der Waals surface area contributed by atoms with E-state index in [4.69, 9.17) is 32.7 Å². The van der Waals surface area contributed by atoms with E-state index in [0.29, 0.717) is 28.4 Å². The number of anilines is 1. The highest BCUT2D eigenvalue weighted by atomic mass is 35.5. The zero-order valence-electron chi connectivity index (χ0n) is 15.3. The zero-order valence-corrected chi connectivity index (χ0v) is 16.8. The lowest BCUT2D eigenvalue weighted by Gasteiger charge is -2.11. The minimum absolute atomic E-state index is 0.321. The lowest BCUT2D eigenvalue weighted by molar-refractivity contribution is 0.357. The summed E-state index contributed by atoms with van der Waals surface area (Å²) in [6.07, 6.45) is 1.66. The van der Waals surface area contributed by atoms with E-state index < -0.39 is 0 Å². The van der Waals surface area contributed by atoms with Crippen molar-refractivity contribution in [1.82, 2.24) is 9.97 Å². The summed E-state index contributed by atoms with van der Waals surface area (Å²) in [5.41, 5.74) is 4.03. The van der Waals surface area contributed by atoms with E-state index >= 15 is 0 Å². The maximum Gasteiger partial charge on any atom is 0.318 e. The molecule has 1 aromatic heterocycles. The summed E-state index contributed by atoms with van der Waals surface area (Å²) in [7, 11) is 1.56. The van der Waals surface area contributed by atoms with Gasteiger partial charge in [-0.1, -0.05) is 29.3 Å². The van der Waals surface area contributed by atoms with Crippen molar-refractivity contribution in [3.63, 3.8) is 0 Å². The van der Waals surface area contributed by atoms with E-state index in [1.54, 1.807) is 13.2 Å². The molecule has 0 spiro atoms. The molecule has 144 valence electrons. The van der Waals surface area contributed by atoms with Crippen LogP contribution < -0.4 is 14.8 Å². The Morgan fingerprint density at radius 3 is 2.82 bits per heavy atom. The molecule has 7 heteroatoms. The van der Waals surface area contributed by atoms with E-state index in [1.807, 2.05) is 30.3 Å². The summed E-state index contributed by atoms with van der Waals surface area (Å²) in [5.74, 6) is 1.65. The first-order valence-corrected chi connectivity index (χ1v) is 9.75. The van der Waals surface area contributed by atoms with Gasteiger partial charge in [0.2, 0.25) is 0 Å². The van der Waals surface area contributed by atoms with Gasteiger partial charge in [-0.25, -0.2) is 0 Å². The SMILES string of the molecule is COc1nc(NCCc2ccc(Cl)cc2Cl)cc(-c2ccc3c(c2)CCO3)n1. The van der Waals surface area contributed by atoms with Crippen molar-refractivity contribution in [3.8, 4) is 23.0 Å². The highest BCUT2D eigenvalue weighted by Crippen LogP contribution is 2.31. The Kier molecular flexibility index (Phi) is 5.55. The summed E-state index contributed by atoms with van der Waals surface area (Å²) in [4.78, 5) is 8.88. The molecule has 4 rings (SSSR count). The van der Waals surface area contributed by atoms with Crippen LogP contribution in [0.3, 0.4) is 0 Å². The van der Waals surface area contributed by atoms with Gasteiger partial charge in [0.25, 0.3) is 0 Å². The van der Waals surface area contributed by atoms with Gasteiger partial charge in [-0.3, -0.25) is 0 Å². The molecule has 2 aromatic carbocycles. The van der Waals surface area contributed by atoms with Gasteiger partial charge in [-0.05, 0) is 47.9 Å². The number of fused-ring (bicyclic) bond motifs is 1. The van der Waals surface area contributed by atoms with Gasteiger partial charge in [-0.2, -0.15) is 9.97 Å². The van der Waals surface area contributed by atoms with Crippen LogP contribution in [-0.2, 0) is 12.8 Å². The molecule has 0 unspecified atom stereocenters. The van der Waals surface area contributed by atoms with E-state index in [0.717, 1.165) is 42.0 Å². The maximum absolute atomic E-state index is 6.24. The summed E-state index contributed by atoms with van der Waals surface area (Å²) < 4.78 is 10.9. The summed E-state index contributed by atoms with van der Waals surface area (Å²) in [6, 6.07) is 13.9. The van der Waals surface area contributed by atoms with Gasteiger partial charge < -0.3 is 14.8 Å². The minimum Gasteiger partial charge on any atom is -0.493 e. The van der Waals surface area contributed by atoms with Crippen molar-refractivity contribution < 1.29 is 9.47 Å². The van der Waals surface area contributed by atoms with Crippen LogP contribution in [-0.4, -0.2) is 30.2 Å². The standard InChI is InChI=1S/C21H19Cl2N3O2/c1-27-21-25-18(14-3-5-19-15(10-14)7-9-28-19)12-20(26-21)24-8-6-13-2-4-16(22)11-17(13)23/h2-5,10-12H,6-9H2,1H3,(H,24,25,26). The van der Waals surface area contributed by atoms with Crippen LogP contribution in [0.2, 0.25) is 10.0 Å². The smallest absolute Gasteiger partial charge is 0.318 e. The molecule has 0 saturated heterocycles. The van der Waals surface area contributed by atoms with Crippen LogP contribution in [0.15, 0.2) is 42.5 Å². The molecule has 3 aromatic rings. The first-order valence-electron chi connectivity index (χ1n) is 8.99. The molecule has 1 N–H and O–H groups in total. The van der Waals surface area contributed by atoms with Crippen LogP contribution in [0.1, 0.15) is 11.1 Å². The van der Waals surface area contributed by atoms with Crippen LogP contribution in [0, 0.1) is 0 Å².